The SMILES string of the molecule is CCOc1cc([C@@H]2NC(=O)c3c(sc4c3CC[C@@H](C(C)(C)CC)C4)N2)ccc1O. The smallest absolute Gasteiger partial charge is 0.256 e. The van der Waals surface area contributed by atoms with Gasteiger partial charge in [-0.15, -0.1) is 11.3 Å². The van der Waals surface area contributed by atoms with Gasteiger partial charge in [0.05, 0.1) is 12.2 Å². The van der Waals surface area contributed by atoms with Gasteiger partial charge >= 0.3 is 0 Å². The zero-order valence-electron chi connectivity index (χ0n) is 17.6. The third-order valence-electron chi connectivity index (χ3n) is 6.68. The van der Waals surface area contributed by atoms with Gasteiger partial charge in [0.15, 0.2) is 11.5 Å². The molecule has 0 spiro atoms. The normalized spacial score (nSPS) is 21.0. The van der Waals surface area contributed by atoms with Crippen LogP contribution in [0.5, 0.6) is 11.5 Å². The van der Waals surface area contributed by atoms with E-state index in [0.717, 1.165) is 35.4 Å². The number of anilines is 1. The number of thiophene rings is 1. The molecule has 4 rings (SSSR count). The van der Waals surface area contributed by atoms with Gasteiger partial charge in [0, 0.05) is 4.88 Å². The molecule has 2 atom stereocenters. The lowest BCUT2D eigenvalue weighted by atomic mass is 9.69. The fourth-order valence-electron chi connectivity index (χ4n) is 4.40. The number of benzene rings is 1. The lowest BCUT2D eigenvalue weighted by Crippen LogP contribution is -2.38. The van der Waals surface area contributed by atoms with E-state index in [2.05, 4.69) is 31.4 Å². The van der Waals surface area contributed by atoms with Crippen LogP contribution in [0.3, 0.4) is 0 Å². The molecule has 2 aromatic rings. The molecular formula is C23H30N2O3S. The summed E-state index contributed by atoms with van der Waals surface area (Å²) in [4.78, 5) is 14.3. The number of nitrogens with one attached hydrogen (secondary N) is 2. The predicted molar refractivity (Wildman–Crippen MR) is 117 cm³/mol. The Hall–Kier alpha value is -2.21. The number of carbonyl (C=O) groups excluding carboxylic acids is 1. The Morgan fingerprint density at radius 1 is 1.28 bits per heavy atom. The molecular weight excluding hydrogens is 384 g/mol. The summed E-state index contributed by atoms with van der Waals surface area (Å²) in [7, 11) is 0. The predicted octanol–water partition coefficient (Wildman–Crippen LogP) is 5.25. The summed E-state index contributed by atoms with van der Waals surface area (Å²) < 4.78 is 5.50. The third kappa shape index (κ3) is 3.59. The minimum Gasteiger partial charge on any atom is -0.504 e. The van der Waals surface area contributed by atoms with Crippen LogP contribution < -0.4 is 15.4 Å². The van der Waals surface area contributed by atoms with Crippen LogP contribution in [0, 0.1) is 11.3 Å². The zero-order chi connectivity index (χ0) is 20.8. The van der Waals surface area contributed by atoms with E-state index in [4.69, 9.17) is 4.74 Å². The van der Waals surface area contributed by atoms with Crippen LogP contribution >= 0.6 is 11.3 Å². The topological polar surface area (TPSA) is 70.6 Å². The minimum absolute atomic E-state index is 0.0134. The Kier molecular flexibility index (Phi) is 5.23. The van der Waals surface area contributed by atoms with Crippen LogP contribution in [-0.2, 0) is 12.8 Å². The first-order valence-electron chi connectivity index (χ1n) is 10.5. The standard InChI is InChI=1S/C23H30N2O3S/c1-5-23(3,4)14-8-9-15-18(12-14)29-22-19(15)21(27)24-20(25-22)13-7-10-16(26)17(11-13)28-6-2/h7,10-11,14,20,25-26H,5-6,8-9,12H2,1-4H3,(H,24,27)/t14-,20-/m1/s1. The molecule has 0 fully saturated rings. The van der Waals surface area contributed by atoms with Gasteiger partial charge in [0.1, 0.15) is 11.2 Å². The first kappa shape index (κ1) is 20.1. The molecule has 0 bridgehead atoms. The number of carbonyl (C=O) groups is 1. The van der Waals surface area contributed by atoms with Crippen LogP contribution in [0.2, 0.25) is 0 Å². The average molecular weight is 415 g/mol. The van der Waals surface area contributed by atoms with Crippen LogP contribution in [-0.4, -0.2) is 17.6 Å². The van der Waals surface area contributed by atoms with Crippen molar-refractivity contribution in [1.82, 2.24) is 5.32 Å². The summed E-state index contributed by atoms with van der Waals surface area (Å²) in [6.45, 7) is 9.33. The van der Waals surface area contributed by atoms with E-state index >= 15 is 0 Å². The van der Waals surface area contributed by atoms with Gasteiger partial charge in [0.25, 0.3) is 5.91 Å². The van der Waals surface area contributed by atoms with Crippen molar-refractivity contribution in [2.75, 3.05) is 11.9 Å². The number of ether oxygens (including phenoxy) is 1. The highest BCUT2D eigenvalue weighted by molar-refractivity contribution is 7.16. The molecule has 1 aliphatic heterocycles. The molecule has 3 N–H and O–H groups in total. The van der Waals surface area contributed by atoms with E-state index in [1.165, 1.54) is 16.9 Å². The number of fused-ring (bicyclic) bond motifs is 3. The van der Waals surface area contributed by atoms with E-state index in [1.807, 2.05) is 13.0 Å². The van der Waals surface area contributed by atoms with Crippen LogP contribution in [0.4, 0.5) is 5.00 Å². The van der Waals surface area contributed by atoms with Gasteiger partial charge in [0.2, 0.25) is 0 Å². The lowest BCUT2D eigenvalue weighted by molar-refractivity contribution is 0.0934. The molecule has 0 saturated heterocycles. The summed E-state index contributed by atoms with van der Waals surface area (Å²) in [5.41, 5.74) is 3.25. The highest BCUT2D eigenvalue weighted by Crippen LogP contribution is 2.47. The van der Waals surface area contributed by atoms with Crippen molar-refractivity contribution in [1.29, 1.82) is 0 Å². The summed E-state index contributed by atoms with van der Waals surface area (Å²) in [6.07, 6.45) is 4.01. The molecule has 6 heteroatoms. The number of amides is 1. The molecule has 1 amide bonds. The molecule has 1 aliphatic carbocycles. The second-order valence-electron chi connectivity index (χ2n) is 8.70. The highest BCUT2D eigenvalue weighted by Gasteiger charge is 2.37. The molecule has 1 aromatic carbocycles. The third-order valence-corrected chi connectivity index (χ3v) is 7.86. The molecule has 0 unspecified atom stereocenters. The van der Waals surface area contributed by atoms with Crippen LogP contribution in [0.1, 0.15) is 73.1 Å². The Bertz CT molecular complexity index is 934. The van der Waals surface area contributed by atoms with Gasteiger partial charge in [-0.1, -0.05) is 33.3 Å². The molecule has 2 aliphatic rings. The van der Waals surface area contributed by atoms with Gasteiger partial charge in [-0.3, -0.25) is 4.79 Å². The summed E-state index contributed by atoms with van der Waals surface area (Å²) in [6, 6.07) is 5.21. The van der Waals surface area contributed by atoms with Gasteiger partial charge in [-0.2, -0.15) is 0 Å². The first-order valence-corrected chi connectivity index (χ1v) is 11.3. The van der Waals surface area contributed by atoms with Crippen molar-refractivity contribution >= 4 is 22.2 Å². The highest BCUT2D eigenvalue weighted by atomic mass is 32.1. The van der Waals surface area contributed by atoms with E-state index in [-0.39, 0.29) is 17.8 Å². The van der Waals surface area contributed by atoms with Crippen LogP contribution in [0.15, 0.2) is 18.2 Å². The Morgan fingerprint density at radius 3 is 2.79 bits per heavy atom. The molecule has 1 aromatic heterocycles. The number of aromatic hydroxyl groups is 1. The fraction of sp³-hybridized carbons (Fsp3) is 0.522. The maximum absolute atomic E-state index is 13.0. The molecule has 2 heterocycles. The van der Waals surface area contributed by atoms with Gasteiger partial charge < -0.3 is 20.5 Å². The molecule has 5 nitrogen and oxygen atoms in total. The van der Waals surface area contributed by atoms with Crippen molar-refractivity contribution < 1.29 is 14.6 Å². The van der Waals surface area contributed by atoms with Crippen molar-refractivity contribution in [2.45, 2.75) is 59.5 Å². The van der Waals surface area contributed by atoms with Crippen molar-refractivity contribution in [3.05, 3.63) is 39.8 Å². The molecule has 29 heavy (non-hydrogen) atoms. The Balaban J connectivity index is 1.61. The lowest BCUT2D eigenvalue weighted by Gasteiger charge is -2.36. The van der Waals surface area contributed by atoms with Crippen molar-refractivity contribution in [3.8, 4) is 11.5 Å². The molecule has 0 radical (unpaired) electrons. The Labute approximate surface area is 176 Å². The maximum atomic E-state index is 13.0. The van der Waals surface area contributed by atoms with Crippen molar-refractivity contribution in [3.63, 3.8) is 0 Å². The van der Waals surface area contributed by atoms with E-state index in [0.29, 0.717) is 23.7 Å². The fourth-order valence-corrected chi connectivity index (χ4v) is 5.75. The number of rotatable bonds is 5. The summed E-state index contributed by atoms with van der Waals surface area (Å²) >= 11 is 1.74. The van der Waals surface area contributed by atoms with E-state index < -0.39 is 0 Å². The summed E-state index contributed by atoms with van der Waals surface area (Å²) in [5, 5.41) is 17.5. The van der Waals surface area contributed by atoms with Gasteiger partial charge in [-0.05, 0) is 60.8 Å². The maximum Gasteiger partial charge on any atom is 0.256 e. The second kappa shape index (κ2) is 7.56. The Morgan fingerprint density at radius 2 is 2.07 bits per heavy atom. The number of hydrogen-bond acceptors (Lipinski definition) is 5. The van der Waals surface area contributed by atoms with E-state index in [1.54, 1.807) is 23.5 Å². The molecule has 0 saturated carbocycles. The van der Waals surface area contributed by atoms with Crippen LogP contribution in [0.25, 0.3) is 0 Å². The monoisotopic (exact) mass is 414 g/mol. The first-order chi connectivity index (χ1) is 13.8. The number of hydrogen-bond donors (Lipinski definition) is 3. The second-order valence-corrected chi connectivity index (χ2v) is 9.81. The molecule has 156 valence electrons. The number of phenolic OH excluding ortho intramolecular Hbond substituents is 1. The minimum atomic E-state index is -0.335. The quantitative estimate of drug-likeness (QED) is 0.625. The van der Waals surface area contributed by atoms with Gasteiger partial charge in [-0.25, -0.2) is 0 Å². The zero-order valence-corrected chi connectivity index (χ0v) is 18.4. The largest absolute Gasteiger partial charge is 0.504 e. The number of phenols is 1. The van der Waals surface area contributed by atoms with E-state index in [9.17, 15) is 9.90 Å². The average Bonchev–Trinajstić information content (AvgIpc) is 3.07. The summed E-state index contributed by atoms with van der Waals surface area (Å²) in [5.74, 6) is 1.18. The van der Waals surface area contributed by atoms with Crippen molar-refractivity contribution in [2.24, 2.45) is 11.3 Å².